The molecular weight excluding hydrogens is 246 g/mol. The number of methoxy groups -OCH3 is 1. The molecule has 0 aromatic heterocycles. The van der Waals surface area contributed by atoms with Gasteiger partial charge < -0.3 is 10.1 Å². The van der Waals surface area contributed by atoms with Crippen LogP contribution in [-0.2, 0) is 0 Å². The highest BCUT2D eigenvalue weighted by atomic mass is 16.5. The lowest BCUT2D eigenvalue weighted by Gasteiger charge is -2.27. The summed E-state index contributed by atoms with van der Waals surface area (Å²) in [6.45, 7) is 3.24. The van der Waals surface area contributed by atoms with Crippen molar-refractivity contribution >= 4 is 0 Å². The molecule has 0 spiro atoms. The molecule has 1 N–H and O–H groups in total. The summed E-state index contributed by atoms with van der Waals surface area (Å²) in [4.78, 5) is 0. The zero-order chi connectivity index (χ0) is 13.9. The normalized spacial score (nSPS) is 27.7. The highest BCUT2D eigenvalue weighted by molar-refractivity contribution is 5.40. The molecule has 3 rings (SSSR count). The van der Waals surface area contributed by atoms with Crippen LogP contribution in [0.3, 0.4) is 0 Å². The molecule has 2 unspecified atom stereocenters. The molecule has 0 bridgehead atoms. The first-order valence-electron chi connectivity index (χ1n) is 8.16. The summed E-state index contributed by atoms with van der Waals surface area (Å²) in [6, 6.07) is 7.38. The van der Waals surface area contributed by atoms with Crippen molar-refractivity contribution in [1.82, 2.24) is 5.32 Å². The van der Waals surface area contributed by atoms with Crippen molar-refractivity contribution in [3.63, 3.8) is 0 Å². The Morgan fingerprint density at radius 2 is 1.95 bits per heavy atom. The Morgan fingerprint density at radius 1 is 1.15 bits per heavy atom. The van der Waals surface area contributed by atoms with Crippen molar-refractivity contribution < 1.29 is 4.74 Å². The minimum Gasteiger partial charge on any atom is -0.496 e. The van der Waals surface area contributed by atoms with Gasteiger partial charge in [0.05, 0.1) is 7.11 Å². The standard InChI is InChI=1S/C18H27NO/c1-13-8-9-16(18(10-13)20-2)15-11-17(19-12-15)14-6-4-3-5-7-14/h8-10,14-15,17,19H,3-7,11-12H2,1-2H3. The number of rotatable bonds is 3. The van der Waals surface area contributed by atoms with Gasteiger partial charge in [-0.15, -0.1) is 0 Å². The zero-order valence-corrected chi connectivity index (χ0v) is 12.8. The summed E-state index contributed by atoms with van der Waals surface area (Å²) in [5, 5.41) is 3.79. The van der Waals surface area contributed by atoms with Crippen LogP contribution < -0.4 is 10.1 Å². The predicted molar refractivity (Wildman–Crippen MR) is 83.5 cm³/mol. The van der Waals surface area contributed by atoms with Crippen molar-refractivity contribution in [2.45, 2.75) is 57.4 Å². The van der Waals surface area contributed by atoms with E-state index in [0.29, 0.717) is 5.92 Å². The third kappa shape index (κ3) is 2.85. The Kier molecular flexibility index (Phi) is 4.30. The summed E-state index contributed by atoms with van der Waals surface area (Å²) in [5.41, 5.74) is 2.67. The molecule has 2 heteroatoms. The second-order valence-electron chi connectivity index (χ2n) is 6.59. The molecular formula is C18H27NO. The Morgan fingerprint density at radius 3 is 2.70 bits per heavy atom. The highest BCUT2D eigenvalue weighted by Gasteiger charge is 2.32. The maximum Gasteiger partial charge on any atom is 0.122 e. The molecule has 20 heavy (non-hydrogen) atoms. The summed E-state index contributed by atoms with van der Waals surface area (Å²) in [6.07, 6.45) is 8.44. The fourth-order valence-corrected chi connectivity index (χ4v) is 4.06. The first-order chi connectivity index (χ1) is 9.78. The Hall–Kier alpha value is -1.02. The first kappa shape index (κ1) is 13.9. The molecule has 1 saturated heterocycles. The van der Waals surface area contributed by atoms with Gasteiger partial charge in [0, 0.05) is 18.5 Å². The molecule has 1 heterocycles. The maximum atomic E-state index is 5.59. The third-order valence-corrected chi connectivity index (χ3v) is 5.21. The monoisotopic (exact) mass is 273 g/mol. The average Bonchev–Trinajstić information content (AvgIpc) is 2.97. The summed E-state index contributed by atoms with van der Waals surface area (Å²) in [5.74, 6) is 2.60. The summed E-state index contributed by atoms with van der Waals surface area (Å²) < 4.78 is 5.59. The van der Waals surface area contributed by atoms with Gasteiger partial charge in [-0.05, 0) is 49.3 Å². The smallest absolute Gasteiger partial charge is 0.122 e. The summed E-state index contributed by atoms with van der Waals surface area (Å²) in [7, 11) is 1.79. The molecule has 1 aromatic rings. The van der Waals surface area contributed by atoms with Gasteiger partial charge in [-0.3, -0.25) is 0 Å². The fraction of sp³-hybridized carbons (Fsp3) is 0.667. The van der Waals surface area contributed by atoms with Gasteiger partial charge in [0.15, 0.2) is 0 Å². The minimum atomic E-state index is 0.623. The molecule has 2 fully saturated rings. The summed E-state index contributed by atoms with van der Waals surface area (Å²) >= 11 is 0. The van der Waals surface area contributed by atoms with E-state index < -0.39 is 0 Å². The lowest BCUT2D eigenvalue weighted by molar-refractivity contribution is 0.286. The van der Waals surface area contributed by atoms with Gasteiger partial charge in [-0.25, -0.2) is 0 Å². The number of ether oxygens (including phenoxy) is 1. The second-order valence-corrected chi connectivity index (χ2v) is 6.59. The van der Waals surface area contributed by atoms with Crippen LogP contribution in [0.15, 0.2) is 18.2 Å². The van der Waals surface area contributed by atoms with Crippen molar-refractivity contribution in [2.24, 2.45) is 5.92 Å². The third-order valence-electron chi connectivity index (χ3n) is 5.21. The minimum absolute atomic E-state index is 0.623. The van der Waals surface area contributed by atoms with Crippen LogP contribution in [0.1, 0.15) is 55.6 Å². The van der Waals surface area contributed by atoms with E-state index in [4.69, 9.17) is 4.74 Å². The molecule has 0 radical (unpaired) electrons. The van der Waals surface area contributed by atoms with Crippen molar-refractivity contribution in [1.29, 1.82) is 0 Å². The largest absolute Gasteiger partial charge is 0.496 e. The van der Waals surface area contributed by atoms with Gasteiger partial charge in [-0.2, -0.15) is 0 Å². The number of hydrogen-bond acceptors (Lipinski definition) is 2. The average molecular weight is 273 g/mol. The van der Waals surface area contributed by atoms with Crippen LogP contribution in [0, 0.1) is 12.8 Å². The molecule has 2 aliphatic rings. The van der Waals surface area contributed by atoms with E-state index in [-0.39, 0.29) is 0 Å². The predicted octanol–water partition coefficient (Wildman–Crippen LogP) is 4.03. The molecule has 110 valence electrons. The quantitative estimate of drug-likeness (QED) is 0.897. The zero-order valence-electron chi connectivity index (χ0n) is 12.8. The lowest BCUT2D eigenvalue weighted by atomic mass is 9.81. The second kappa shape index (κ2) is 6.17. The van der Waals surface area contributed by atoms with E-state index >= 15 is 0 Å². The van der Waals surface area contributed by atoms with Crippen LogP contribution in [0.2, 0.25) is 0 Å². The van der Waals surface area contributed by atoms with E-state index in [2.05, 4.69) is 30.4 Å². The maximum absolute atomic E-state index is 5.59. The van der Waals surface area contributed by atoms with E-state index in [0.717, 1.165) is 24.3 Å². The molecule has 2 atom stereocenters. The molecule has 1 aromatic carbocycles. The molecule has 1 saturated carbocycles. The van der Waals surface area contributed by atoms with Crippen molar-refractivity contribution in [2.75, 3.05) is 13.7 Å². The van der Waals surface area contributed by atoms with E-state index in [1.807, 2.05) is 0 Å². The number of hydrogen-bond donors (Lipinski definition) is 1. The van der Waals surface area contributed by atoms with Crippen LogP contribution in [0.5, 0.6) is 5.75 Å². The molecule has 1 aliphatic heterocycles. The molecule has 2 nitrogen and oxygen atoms in total. The van der Waals surface area contributed by atoms with Crippen LogP contribution in [-0.4, -0.2) is 19.7 Å². The van der Waals surface area contributed by atoms with Crippen LogP contribution in [0.4, 0.5) is 0 Å². The topological polar surface area (TPSA) is 21.3 Å². The van der Waals surface area contributed by atoms with Crippen LogP contribution >= 0.6 is 0 Å². The van der Waals surface area contributed by atoms with E-state index in [1.54, 1.807) is 7.11 Å². The van der Waals surface area contributed by atoms with Gasteiger partial charge in [-0.1, -0.05) is 31.4 Å². The van der Waals surface area contributed by atoms with Gasteiger partial charge in [0.1, 0.15) is 5.75 Å². The van der Waals surface area contributed by atoms with Gasteiger partial charge in [0.2, 0.25) is 0 Å². The molecule has 0 amide bonds. The number of aryl methyl sites for hydroxylation is 1. The SMILES string of the molecule is COc1cc(C)ccc1C1CNC(C2CCCCC2)C1. The van der Waals surface area contributed by atoms with Crippen molar-refractivity contribution in [3.8, 4) is 5.75 Å². The van der Waals surface area contributed by atoms with Gasteiger partial charge >= 0.3 is 0 Å². The van der Waals surface area contributed by atoms with Gasteiger partial charge in [0.25, 0.3) is 0 Å². The highest BCUT2D eigenvalue weighted by Crippen LogP contribution is 2.38. The first-order valence-corrected chi connectivity index (χ1v) is 8.16. The number of nitrogens with one attached hydrogen (secondary N) is 1. The van der Waals surface area contributed by atoms with E-state index in [1.165, 1.54) is 49.7 Å². The van der Waals surface area contributed by atoms with E-state index in [9.17, 15) is 0 Å². The lowest BCUT2D eigenvalue weighted by Crippen LogP contribution is -2.31. The molecule has 1 aliphatic carbocycles. The Labute approximate surface area is 122 Å². The van der Waals surface area contributed by atoms with Crippen molar-refractivity contribution in [3.05, 3.63) is 29.3 Å². The number of benzene rings is 1. The Balaban J connectivity index is 1.70. The van der Waals surface area contributed by atoms with Crippen LogP contribution in [0.25, 0.3) is 0 Å². The fourth-order valence-electron chi connectivity index (χ4n) is 4.06. The Bertz CT molecular complexity index is 451.